The first-order chi connectivity index (χ1) is 10.5. The fourth-order valence-electron chi connectivity index (χ4n) is 1.25. The van der Waals surface area contributed by atoms with Crippen molar-refractivity contribution < 1.29 is 9.59 Å². The molecule has 22 heavy (non-hydrogen) atoms. The number of hydrogen-bond donors (Lipinski definition) is 0. The maximum absolute atomic E-state index is 9.87. The van der Waals surface area contributed by atoms with Crippen molar-refractivity contribution in [2.45, 2.75) is 0 Å². The lowest BCUT2D eigenvalue weighted by Gasteiger charge is -1.96. The van der Waals surface area contributed by atoms with E-state index in [-0.39, 0.29) is 5.69 Å². The first-order valence-electron chi connectivity index (χ1n) is 5.54. The van der Waals surface area contributed by atoms with Crippen LogP contribution in [0.3, 0.4) is 0 Å². The van der Waals surface area contributed by atoms with Crippen molar-refractivity contribution >= 4 is 69.9 Å². The van der Waals surface area contributed by atoms with E-state index < -0.39 is 0 Å². The Morgan fingerprint density at radius 1 is 0.727 bits per heavy atom. The normalized spacial score (nSPS) is 8.91. The molecule has 0 amide bonds. The van der Waals surface area contributed by atoms with Gasteiger partial charge in [0.15, 0.2) is 0 Å². The van der Waals surface area contributed by atoms with Gasteiger partial charge in [0.05, 0.1) is 25.8 Å². The molecule has 0 unspecified atom stereocenters. The lowest BCUT2D eigenvalue weighted by Crippen LogP contribution is -1.69. The maximum Gasteiger partial charge on any atom is 0.240 e. The van der Waals surface area contributed by atoms with Crippen molar-refractivity contribution in [3.05, 3.63) is 56.5 Å². The van der Waals surface area contributed by atoms with Gasteiger partial charge in [0.2, 0.25) is 12.2 Å². The second-order valence-corrected chi connectivity index (χ2v) is 5.20. The van der Waals surface area contributed by atoms with E-state index in [4.69, 9.17) is 46.4 Å². The minimum absolute atomic E-state index is 0.269. The molecule has 0 atom stereocenters. The molecule has 0 aliphatic rings. The number of hydrogen-bond acceptors (Lipinski definition) is 4. The molecule has 0 spiro atoms. The molecule has 0 fully saturated rings. The van der Waals surface area contributed by atoms with Crippen molar-refractivity contribution in [3.63, 3.8) is 0 Å². The standard InChI is InChI=1S/2C7H3Cl2NO/c8-6-2-1-5(10-4-11)3-7(6)9;8-5-2-1-3-6(9)7(5)10-4-11/h2*1-3H. The summed E-state index contributed by atoms with van der Waals surface area (Å²) in [5, 5.41) is 1.52. The molecule has 0 heterocycles. The molecule has 0 saturated heterocycles. The summed E-state index contributed by atoms with van der Waals surface area (Å²) >= 11 is 22.5. The number of carbonyl (C=O) groups excluding carboxylic acids is 2. The molecular formula is C14H6Cl4N2O2. The Morgan fingerprint density at radius 3 is 1.82 bits per heavy atom. The third-order valence-electron chi connectivity index (χ3n) is 2.17. The highest BCUT2D eigenvalue weighted by Gasteiger charge is 2.01. The van der Waals surface area contributed by atoms with Crippen LogP contribution < -0.4 is 0 Å². The number of halogens is 4. The van der Waals surface area contributed by atoms with E-state index in [1.807, 2.05) is 0 Å². The van der Waals surface area contributed by atoms with Crippen LogP contribution in [0, 0.1) is 0 Å². The predicted molar refractivity (Wildman–Crippen MR) is 88.5 cm³/mol. The second kappa shape index (κ2) is 9.39. The number of nitrogens with zero attached hydrogens (tertiary/aromatic N) is 2. The van der Waals surface area contributed by atoms with Gasteiger partial charge in [0.1, 0.15) is 5.69 Å². The third kappa shape index (κ3) is 5.63. The lowest BCUT2D eigenvalue weighted by molar-refractivity contribution is 0.564. The van der Waals surface area contributed by atoms with Crippen LogP contribution in [0.5, 0.6) is 0 Å². The number of para-hydroxylation sites is 1. The SMILES string of the molecule is O=C=Nc1c(Cl)cccc1Cl.O=C=Nc1ccc(Cl)c(Cl)c1. The molecule has 2 rings (SSSR count). The smallest absolute Gasteiger partial charge is 0.211 e. The highest BCUT2D eigenvalue weighted by molar-refractivity contribution is 6.42. The van der Waals surface area contributed by atoms with Crippen molar-refractivity contribution in [2.24, 2.45) is 9.98 Å². The number of rotatable bonds is 2. The zero-order valence-electron chi connectivity index (χ0n) is 10.7. The molecule has 4 nitrogen and oxygen atoms in total. The molecule has 0 aliphatic carbocycles. The largest absolute Gasteiger partial charge is 0.240 e. The van der Waals surface area contributed by atoms with Crippen molar-refractivity contribution in [1.29, 1.82) is 0 Å². The van der Waals surface area contributed by atoms with E-state index in [2.05, 4.69) is 9.98 Å². The second-order valence-electron chi connectivity index (χ2n) is 3.57. The Kier molecular flexibility index (Phi) is 7.86. The van der Waals surface area contributed by atoms with E-state index in [1.165, 1.54) is 18.2 Å². The first kappa shape index (κ1) is 18.4. The fourth-order valence-corrected chi connectivity index (χ4v) is 2.02. The highest BCUT2D eigenvalue weighted by Crippen LogP contribution is 2.31. The maximum atomic E-state index is 9.87. The van der Waals surface area contributed by atoms with Gasteiger partial charge in [0, 0.05) is 0 Å². The molecule has 112 valence electrons. The molecule has 0 N–H and O–H groups in total. The number of aliphatic imine (C=N–C) groups is 2. The Morgan fingerprint density at radius 2 is 1.32 bits per heavy atom. The average molecular weight is 376 g/mol. The average Bonchev–Trinajstić information content (AvgIpc) is 2.48. The van der Waals surface area contributed by atoms with Gasteiger partial charge in [-0.2, -0.15) is 9.98 Å². The quantitative estimate of drug-likeness (QED) is 0.483. The zero-order chi connectivity index (χ0) is 16.5. The summed E-state index contributed by atoms with van der Waals surface area (Å²) in [7, 11) is 0. The molecule has 0 aliphatic heterocycles. The monoisotopic (exact) mass is 374 g/mol. The lowest BCUT2D eigenvalue weighted by atomic mass is 10.3. The molecule has 0 aromatic heterocycles. The fraction of sp³-hybridized carbons (Fsp3) is 0. The van der Waals surface area contributed by atoms with Crippen LogP contribution in [-0.4, -0.2) is 12.2 Å². The summed E-state index contributed by atoms with van der Waals surface area (Å²) in [4.78, 5) is 26.4. The van der Waals surface area contributed by atoms with E-state index in [9.17, 15) is 9.59 Å². The molecule has 0 radical (unpaired) electrons. The molecule has 2 aromatic rings. The number of isocyanates is 2. The van der Waals surface area contributed by atoms with Crippen LogP contribution in [0.1, 0.15) is 0 Å². The van der Waals surface area contributed by atoms with Gasteiger partial charge in [-0.1, -0.05) is 52.5 Å². The topological polar surface area (TPSA) is 58.9 Å². The van der Waals surface area contributed by atoms with Crippen LogP contribution in [0.4, 0.5) is 11.4 Å². The summed E-state index contributed by atoms with van der Waals surface area (Å²) in [5.74, 6) is 0. The highest BCUT2D eigenvalue weighted by atomic mass is 35.5. The zero-order valence-corrected chi connectivity index (χ0v) is 13.7. The Hall–Kier alpha value is -1.64. The van der Waals surface area contributed by atoms with Gasteiger partial charge in [-0.3, -0.25) is 0 Å². The summed E-state index contributed by atoms with van der Waals surface area (Å²) in [6.45, 7) is 0. The van der Waals surface area contributed by atoms with Crippen LogP contribution >= 0.6 is 46.4 Å². The molecule has 2 aromatic carbocycles. The summed E-state index contributed by atoms with van der Waals surface area (Å²) < 4.78 is 0. The minimum Gasteiger partial charge on any atom is -0.211 e. The molecule has 0 bridgehead atoms. The van der Waals surface area contributed by atoms with Gasteiger partial charge in [-0.25, -0.2) is 9.59 Å². The summed E-state index contributed by atoms with van der Waals surface area (Å²) in [6, 6.07) is 9.52. The van der Waals surface area contributed by atoms with E-state index >= 15 is 0 Å². The van der Waals surface area contributed by atoms with Gasteiger partial charge in [0.25, 0.3) is 0 Å². The Bertz CT molecular complexity index is 747. The van der Waals surface area contributed by atoms with Crippen molar-refractivity contribution in [3.8, 4) is 0 Å². The van der Waals surface area contributed by atoms with Crippen molar-refractivity contribution in [2.75, 3.05) is 0 Å². The minimum atomic E-state index is 0.269. The summed E-state index contributed by atoms with van der Waals surface area (Å²) in [5.41, 5.74) is 0.722. The van der Waals surface area contributed by atoms with Gasteiger partial charge in [-0.05, 0) is 30.3 Å². The summed E-state index contributed by atoms with van der Waals surface area (Å²) in [6.07, 6.45) is 2.78. The van der Waals surface area contributed by atoms with Crippen LogP contribution in [0.15, 0.2) is 46.4 Å². The van der Waals surface area contributed by atoms with E-state index in [1.54, 1.807) is 30.3 Å². The first-order valence-corrected chi connectivity index (χ1v) is 7.05. The van der Waals surface area contributed by atoms with E-state index in [0.29, 0.717) is 25.8 Å². The third-order valence-corrected chi connectivity index (χ3v) is 3.52. The van der Waals surface area contributed by atoms with Gasteiger partial charge < -0.3 is 0 Å². The van der Waals surface area contributed by atoms with Gasteiger partial charge in [-0.15, -0.1) is 0 Å². The molecule has 8 heteroatoms. The van der Waals surface area contributed by atoms with E-state index in [0.717, 1.165) is 0 Å². The predicted octanol–water partition coefficient (Wildman–Crippen LogP) is 5.92. The van der Waals surface area contributed by atoms with Crippen molar-refractivity contribution in [1.82, 2.24) is 0 Å². The van der Waals surface area contributed by atoms with Crippen LogP contribution in [0.2, 0.25) is 20.1 Å². The van der Waals surface area contributed by atoms with Gasteiger partial charge >= 0.3 is 0 Å². The Balaban J connectivity index is 0.000000220. The molecular weight excluding hydrogens is 370 g/mol. The van der Waals surface area contributed by atoms with Crippen LogP contribution in [-0.2, 0) is 9.59 Å². The molecule has 0 saturated carbocycles. The van der Waals surface area contributed by atoms with Crippen LogP contribution in [0.25, 0.3) is 0 Å². The number of benzene rings is 2. The Labute approximate surface area is 146 Å².